The molecule has 4 heterocycles. The number of aryl methyl sites for hydroxylation is 1. The maximum Gasteiger partial charge on any atom is 0.291 e. The molecule has 0 radical (unpaired) electrons. The molecule has 0 aliphatic carbocycles. The number of thiophene rings is 2. The minimum atomic E-state index is -0.259. The number of furan rings is 1. The van der Waals surface area contributed by atoms with Crippen LogP contribution in [0.25, 0.3) is 0 Å². The molecule has 0 fully saturated rings. The summed E-state index contributed by atoms with van der Waals surface area (Å²) in [5.74, 6) is 0.808. The number of carbonyl (C=O) groups is 1. The lowest BCUT2D eigenvalue weighted by molar-refractivity contribution is 0.0997. The highest BCUT2D eigenvalue weighted by Crippen LogP contribution is 2.38. The topological polar surface area (TPSA) is 67.2 Å². The molecule has 2 N–H and O–H groups in total. The normalized spacial score (nSPS) is 11.9. The van der Waals surface area contributed by atoms with Gasteiger partial charge in [0.15, 0.2) is 5.76 Å². The fraction of sp³-hybridized carbons (Fsp3) is 0.100. The van der Waals surface area contributed by atoms with Crippen molar-refractivity contribution < 1.29 is 9.21 Å². The van der Waals surface area contributed by atoms with Gasteiger partial charge in [-0.15, -0.1) is 11.3 Å². The minimum absolute atomic E-state index is 0.122. The van der Waals surface area contributed by atoms with E-state index in [9.17, 15) is 4.79 Å². The molecule has 4 rings (SSSR count). The molecule has 0 aliphatic rings. The van der Waals surface area contributed by atoms with Crippen LogP contribution in [0.3, 0.4) is 0 Å². The van der Waals surface area contributed by atoms with E-state index in [0.717, 1.165) is 26.8 Å². The van der Waals surface area contributed by atoms with E-state index < -0.39 is 0 Å². The zero-order chi connectivity index (χ0) is 18.6. The summed E-state index contributed by atoms with van der Waals surface area (Å²) in [4.78, 5) is 18.0. The number of carbonyl (C=O) groups excluding carboxylic acids is 1. The first-order valence-electron chi connectivity index (χ1n) is 8.35. The number of nitrogens with one attached hydrogen (secondary N) is 2. The molecule has 4 aromatic rings. The molecule has 7 heteroatoms. The average Bonchev–Trinajstić information content (AvgIpc) is 3.43. The van der Waals surface area contributed by atoms with Crippen LogP contribution < -0.4 is 10.6 Å². The zero-order valence-electron chi connectivity index (χ0n) is 14.5. The fourth-order valence-corrected chi connectivity index (χ4v) is 4.43. The van der Waals surface area contributed by atoms with Crippen molar-refractivity contribution in [3.63, 3.8) is 0 Å². The zero-order valence-corrected chi connectivity index (χ0v) is 16.1. The molecule has 5 nitrogen and oxygen atoms in total. The number of nitrogens with zero attached hydrogens (tertiary/aromatic N) is 1. The van der Waals surface area contributed by atoms with Gasteiger partial charge in [0.05, 0.1) is 12.3 Å². The Bertz CT molecular complexity index is 1010. The molecule has 1 amide bonds. The van der Waals surface area contributed by atoms with Crippen LogP contribution in [0.4, 0.5) is 10.8 Å². The molecule has 0 unspecified atom stereocenters. The largest absolute Gasteiger partial charge is 0.459 e. The Kier molecular flexibility index (Phi) is 5.04. The van der Waals surface area contributed by atoms with E-state index >= 15 is 0 Å². The van der Waals surface area contributed by atoms with Gasteiger partial charge in [-0.05, 0) is 59.6 Å². The first-order valence-corrected chi connectivity index (χ1v) is 10.1. The van der Waals surface area contributed by atoms with Crippen molar-refractivity contribution in [2.75, 3.05) is 10.6 Å². The summed E-state index contributed by atoms with van der Waals surface area (Å²) in [5, 5.41) is 11.4. The number of anilines is 2. The Balaban J connectivity index is 1.69. The first-order chi connectivity index (χ1) is 13.2. The predicted molar refractivity (Wildman–Crippen MR) is 110 cm³/mol. The molecule has 0 bridgehead atoms. The van der Waals surface area contributed by atoms with Crippen LogP contribution in [0, 0.1) is 6.92 Å². The lowest BCUT2D eigenvalue weighted by Gasteiger charge is -2.19. The van der Waals surface area contributed by atoms with Crippen molar-refractivity contribution >= 4 is 39.4 Å². The second-order valence-corrected chi connectivity index (χ2v) is 7.96. The highest BCUT2D eigenvalue weighted by molar-refractivity contribution is 7.16. The smallest absolute Gasteiger partial charge is 0.291 e. The van der Waals surface area contributed by atoms with Crippen molar-refractivity contribution in [2.24, 2.45) is 0 Å². The van der Waals surface area contributed by atoms with Gasteiger partial charge < -0.3 is 15.1 Å². The molecule has 4 aromatic heterocycles. The molecule has 0 saturated heterocycles. The summed E-state index contributed by atoms with van der Waals surface area (Å²) in [6.45, 7) is 2.03. The van der Waals surface area contributed by atoms with Gasteiger partial charge in [0.2, 0.25) is 0 Å². The van der Waals surface area contributed by atoms with Crippen LogP contribution in [0.15, 0.2) is 70.1 Å². The quantitative estimate of drug-likeness (QED) is 0.448. The van der Waals surface area contributed by atoms with E-state index in [1.807, 2.05) is 30.5 Å². The van der Waals surface area contributed by atoms with Gasteiger partial charge in [-0.2, -0.15) is 11.3 Å². The average molecular weight is 396 g/mol. The lowest BCUT2D eigenvalue weighted by Crippen LogP contribution is -2.16. The summed E-state index contributed by atoms with van der Waals surface area (Å²) in [7, 11) is 0. The third-order valence-electron chi connectivity index (χ3n) is 4.00. The number of aromatic nitrogens is 1. The molecule has 0 aromatic carbocycles. The van der Waals surface area contributed by atoms with Gasteiger partial charge in [0, 0.05) is 16.6 Å². The Morgan fingerprint density at radius 1 is 1.22 bits per heavy atom. The minimum Gasteiger partial charge on any atom is -0.459 e. The van der Waals surface area contributed by atoms with Crippen molar-refractivity contribution in [1.82, 2.24) is 4.98 Å². The van der Waals surface area contributed by atoms with Gasteiger partial charge in [-0.25, -0.2) is 4.98 Å². The Labute approximate surface area is 164 Å². The van der Waals surface area contributed by atoms with Crippen LogP contribution in [0.2, 0.25) is 0 Å². The molecule has 0 aliphatic heterocycles. The van der Waals surface area contributed by atoms with Crippen LogP contribution in [0.1, 0.15) is 32.6 Å². The van der Waals surface area contributed by atoms with Crippen molar-refractivity contribution in [1.29, 1.82) is 0 Å². The number of hydrogen-bond donors (Lipinski definition) is 2. The molecule has 136 valence electrons. The van der Waals surface area contributed by atoms with Crippen LogP contribution >= 0.6 is 22.7 Å². The molecule has 0 spiro atoms. The van der Waals surface area contributed by atoms with Gasteiger partial charge in [0.1, 0.15) is 10.8 Å². The maximum atomic E-state index is 12.5. The first kappa shape index (κ1) is 17.5. The van der Waals surface area contributed by atoms with Crippen molar-refractivity contribution in [3.8, 4) is 0 Å². The molecule has 0 saturated carbocycles. The molecular weight excluding hydrogens is 378 g/mol. The van der Waals surface area contributed by atoms with E-state index in [4.69, 9.17) is 4.42 Å². The third-order valence-corrected chi connectivity index (χ3v) is 5.68. The SMILES string of the molecule is Cc1cc([C@@H](Nc2ccccn2)c2ccsc2)c(NC(=O)c2ccco2)s1. The fourth-order valence-electron chi connectivity index (χ4n) is 2.79. The Hall–Kier alpha value is -2.90. The van der Waals surface area contributed by atoms with Crippen molar-refractivity contribution in [3.05, 3.63) is 87.4 Å². The summed E-state index contributed by atoms with van der Waals surface area (Å²) in [5.41, 5.74) is 2.12. The van der Waals surface area contributed by atoms with E-state index in [1.54, 1.807) is 41.0 Å². The van der Waals surface area contributed by atoms with Crippen LogP contribution in [-0.2, 0) is 0 Å². The second kappa shape index (κ2) is 7.77. The third kappa shape index (κ3) is 3.94. The Morgan fingerprint density at radius 2 is 2.15 bits per heavy atom. The van der Waals surface area contributed by atoms with Gasteiger partial charge in [-0.3, -0.25) is 4.79 Å². The number of hydrogen-bond acceptors (Lipinski definition) is 6. The van der Waals surface area contributed by atoms with Gasteiger partial charge in [0.25, 0.3) is 5.91 Å². The van der Waals surface area contributed by atoms with Gasteiger partial charge >= 0.3 is 0 Å². The predicted octanol–water partition coefficient (Wildman–Crippen LogP) is 5.56. The second-order valence-electron chi connectivity index (χ2n) is 5.92. The van der Waals surface area contributed by atoms with E-state index in [1.165, 1.54) is 6.26 Å². The number of pyridine rings is 1. The summed E-state index contributed by atoms with van der Waals surface area (Å²) in [6, 6.07) is 13.2. The summed E-state index contributed by atoms with van der Waals surface area (Å²) >= 11 is 3.18. The molecule has 27 heavy (non-hydrogen) atoms. The summed E-state index contributed by atoms with van der Waals surface area (Å²) in [6.07, 6.45) is 3.25. The van der Waals surface area contributed by atoms with Crippen molar-refractivity contribution in [2.45, 2.75) is 13.0 Å². The number of amides is 1. The highest BCUT2D eigenvalue weighted by Gasteiger charge is 2.23. The summed E-state index contributed by atoms with van der Waals surface area (Å²) < 4.78 is 5.21. The number of rotatable bonds is 6. The maximum absolute atomic E-state index is 12.5. The van der Waals surface area contributed by atoms with Crippen LogP contribution in [-0.4, -0.2) is 10.9 Å². The van der Waals surface area contributed by atoms with E-state index in [0.29, 0.717) is 0 Å². The van der Waals surface area contributed by atoms with E-state index in [-0.39, 0.29) is 17.7 Å². The van der Waals surface area contributed by atoms with E-state index in [2.05, 4.69) is 33.1 Å². The molecule has 1 atom stereocenters. The van der Waals surface area contributed by atoms with Gasteiger partial charge in [-0.1, -0.05) is 6.07 Å². The standard InChI is InChI=1S/C20H17N3O2S2/c1-13-11-15(20(27-13)23-19(24)16-5-4-9-25-16)18(14-7-10-26-12-14)22-17-6-2-3-8-21-17/h2-12,18H,1H3,(H,21,22)(H,23,24)/t18-/m0/s1. The van der Waals surface area contributed by atoms with Crippen LogP contribution in [0.5, 0.6) is 0 Å². The molecular formula is C20H17N3O2S2. The highest BCUT2D eigenvalue weighted by atomic mass is 32.1. The Morgan fingerprint density at radius 3 is 2.85 bits per heavy atom. The monoisotopic (exact) mass is 395 g/mol. The lowest BCUT2D eigenvalue weighted by atomic mass is 10.0.